The number of sulfonamides is 1. The Hall–Kier alpha value is -3.23. The summed E-state index contributed by atoms with van der Waals surface area (Å²) >= 11 is 0. The molecule has 1 fully saturated rings. The fourth-order valence-corrected chi connectivity index (χ4v) is 6.38. The minimum Gasteiger partial charge on any atom is -0.390 e. The van der Waals surface area contributed by atoms with Gasteiger partial charge in [0.1, 0.15) is 0 Å². The lowest BCUT2D eigenvalue weighted by atomic mass is 9.99. The molecule has 0 spiro atoms. The minimum absolute atomic E-state index is 0.0280. The van der Waals surface area contributed by atoms with Crippen molar-refractivity contribution in [2.24, 2.45) is 5.92 Å². The standard InChI is InChI=1S/C30H40N4O5S/c1-4-5-18-29(36)34(32-30(37)26-17-12-19-31-26)27(20-24-13-8-6-9-14-24)28(35)22-33(21-23(2)3)40(38,39)25-15-10-7-11-16-25/h1,6-11,13-16,23,26-28,31,35H,5,12,17-22H2,2-3H3,(H,32,37)/t26?,27?,28-/m1/s1. The second-order valence-corrected chi connectivity index (χ2v) is 12.4. The van der Waals surface area contributed by atoms with Gasteiger partial charge in [0.25, 0.3) is 5.91 Å². The molecule has 3 rings (SSSR count). The van der Waals surface area contributed by atoms with Crippen molar-refractivity contribution in [3.8, 4) is 12.3 Å². The van der Waals surface area contributed by atoms with Crippen LogP contribution in [-0.4, -0.2) is 72.5 Å². The smallest absolute Gasteiger partial charge is 0.255 e. The molecule has 0 saturated carbocycles. The summed E-state index contributed by atoms with van der Waals surface area (Å²) in [6.45, 7) is 4.37. The number of amides is 2. The van der Waals surface area contributed by atoms with Gasteiger partial charge in [-0.25, -0.2) is 13.4 Å². The summed E-state index contributed by atoms with van der Waals surface area (Å²) in [5, 5.41) is 16.0. The van der Waals surface area contributed by atoms with Gasteiger partial charge in [0, 0.05) is 25.9 Å². The van der Waals surface area contributed by atoms with Crippen LogP contribution in [-0.2, 0) is 26.0 Å². The number of carbonyl (C=O) groups is 2. The molecule has 1 heterocycles. The second-order valence-electron chi connectivity index (χ2n) is 10.4. The van der Waals surface area contributed by atoms with Gasteiger partial charge >= 0.3 is 0 Å². The van der Waals surface area contributed by atoms with Crippen LogP contribution in [0, 0.1) is 18.3 Å². The zero-order chi connectivity index (χ0) is 29.1. The molecule has 2 unspecified atom stereocenters. The van der Waals surface area contributed by atoms with Gasteiger partial charge in [-0.1, -0.05) is 62.4 Å². The lowest BCUT2D eigenvalue weighted by Gasteiger charge is -2.37. The van der Waals surface area contributed by atoms with E-state index in [-0.39, 0.29) is 49.1 Å². The molecular weight excluding hydrogens is 528 g/mol. The summed E-state index contributed by atoms with van der Waals surface area (Å²) in [6.07, 6.45) is 5.85. The number of hydrogen-bond acceptors (Lipinski definition) is 6. The van der Waals surface area contributed by atoms with Gasteiger partial charge in [0.15, 0.2) is 0 Å². The Labute approximate surface area is 238 Å². The molecule has 1 aliphatic heterocycles. The van der Waals surface area contributed by atoms with Crippen molar-refractivity contribution in [1.82, 2.24) is 20.1 Å². The quantitative estimate of drug-likeness (QED) is 0.252. The highest BCUT2D eigenvalue weighted by molar-refractivity contribution is 7.89. The van der Waals surface area contributed by atoms with Crippen molar-refractivity contribution in [2.75, 3.05) is 19.6 Å². The summed E-state index contributed by atoms with van der Waals surface area (Å²) in [4.78, 5) is 26.7. The first-order valence-electron chi connectivity index (χ1n) is 13.7. The molecule has 3 N–H and O–H groups in total. The highest BCUT2D eigenvalue weighted by atomic mass is 32.2. The number of terminal acetylenes is 1. The van der Waals surface area contributed by atoms with Crippen molar-refractivity contribution in [1.29, 1.82) is 0 Å². The van der Waals surface area contributed by atoms with Crippen LogP contribution >= 0.6 is 0 Å². The van der Waals surface area contributed by atoms with E-state index >= 15 is 0 Å². The van der Waals surface area contributed by atoms with Gasteiger partial charge in [-0.15, -0.1) is 12.3 Å². The third kappa shape index (κ3) is 8.63. The Morgan fingerprint density at radius 1 is 1.10 bits per heavy atom. The minimum atomic E-state index is -3.95. The van der Waals surface area contributed by atoms with Crippen molar-refractivity contribution >= 4 is 21.8 Å². The molecule has 2 aromatic carbocycles. The highest BCUT2D eigenvalue weighted by Gasteiger charge is 2.36. The van der Waals surface area contributed by atoms with E-state index in [1.54, 1.807) is 18.2 Å². The van der Waals surface area contributed by atoms with E-state index in [4.69, 9.17) is 6.42 Å². The molecule has 9 nitrogen and oxygen atoms in total. The predicted octanol–water partition coefficient (Wildman–Crippen LogP) is 2.33. The number of nitrogens with zero attached hydrogens (tertiary/aromatic N) is 2. The Kier molecular flexibility index (Phi) is 11.7. The molecule has 1 saturated heterocycles. The third-order valence-corrected chi connectivity index (χ3v) is 8.61. The molecule has 0 radical (unpaired) electrons. The maximum atomic E-state index is 13.6. The van der Waals surface area contributed by atoms with Gasteiger partial charge in [0.2, 0.25) is 15.9 Å². The van der Waals surface area contributed by atoms with Crippen LogP contribution in [0.4, 0.5) is 0 Å². The van der Waals surface area contributed by atoms with Crippen LogP contribution in [0.5, 0.6) is 0 Å². The summed E-state index contributed by atoms with van der Waals surface area (Å²) < 4.78 is 28.5. The van der Waals surface area contributed by atoms with Crippen LogP contribution < -0.4 is 10.7 Å². The monoisotopic (exact) mass is 568 g/mol. The fourth-order valence-electron chi connectivity index (χ4n) is 4.74. The van der Waals surface area contributed by atoms with Crippen molar-refractivity contribution in [3.63, 3.8) is 0 Å². The van der Waals surface area contributed by atoms with Gasteiger partial charge in [0.05, 0.1) is 23.1 Å². The molecule has 2 amide bonds. The first-order valence-corrected chi connectivity index (χ1v) is 15.1. The molecule has 1 aliphatic rings. The van der Waals surface area contributed by atoms with Crippen LogP contribution in [0.1, 0.15) is 45.1 Å². The number of rotatable bonds is 13. The van der Waals surface area contributed by atoms with Crippen molar-refractivity contribution < 1.29 is 23.1 Å². The number of benzene rings is 2. The Morgan fingerprint density at radius 3 is 2.33 bits per heavy atom. The zero-order valence-electron chi connectivity index (χ0n) is 23.2. The van der Waals surface area contributed by atoms with Gasteiger partial charge < -0.3 is 10.4 Å². The van der Waals surface area contributed by atoms with Gasteiger partial charge in [-0.05, 0) is 49.4 Å². The Balaban J connectivity index is 1.98. The van der Waals surface area contributed by atoms with E-state index in [9.17, 15) is 23.1 Å². The van der Waals surface area contributed by atoms with E-state index in [1.165, 1.54) is 21.4 Å². The summed E-state index contributed by atoms with van der Waals surface area (Å²) in [6, 6.07) is 15.9. The van der Waals surface area contributed by atoms with Crippen molar-refractivity contribution in [3.05, 3.63) is 66.2 Å². The Bertz CT molecular complexity index is 1240. The largest absolute Gasteiger partial charge is 0.390 e. The van der Waals surface area contributed by atoms with Crippen LogP contribution in [0.15, 0.2) is 65.6 Å². The first-order chi connectivity index (χ1) is 19.1. The van der Waals surface area contributed by atoms with E-state index in [2.05, 4.69) is 16.7 Å². The number of carbonyl (C=O) groups excluding carboxylic acids is 2. The third-order valence-electron chi connectivity index (χ3n) is 6.76. The number of nitrogens with one attached hydrogen (secondary N) is 2. The van der Waals surface area contributed by atoms with E-state index < -0.39 is 34.1 Å². The summed E-state index contributed by atoms with van der Waals surface area (Å²) in [5.41, 5.74) is 3.55. The van der Waals surface area contributed by atoms with E-state index in [1.807, 2.05) is 44.2 Å². The molecule has 40 heavy (non-hydrogen) atoms. The van der Waals surface area contributed by atoms with Crippen LogP contribution in [0.25, 0.3) is 0 Å². The topological polar surface area (TPSA) is 119 Å². The molecule has 2 aromatic rings. The normalized spacial score (nSPS) is 16.9. The average Bonchev–Trinajstić information content (AvgIpc) is 3.49. The maximum absolute atomic E-state index is 13.6. The van der Waals surface area contributed by atoms with E-state index in [0.29, 0.717) is 13.0 Å². The molecule has 3 atom stereocenters. The number of aliphatic hydroxyl groups excluding tert-OH is 1. The maximum Gasteiger partial charge on any atom is 0.255 e. The molecule has 216 valence electrons. The SMILES string of the molecule is C#CCCC(=O)N(NC(=O)C1CCCN1)C(Cc1ccccc1)[C@H](O)CN(CC(C)C)S(=O)(=O)c1ccccc1. The number of aliphatic hydroxyl groups is 1. The van der Waals surface area contributed by atoms with Gasteiger partial charge in [-0.3, -0.25) is 15.0 Å². The highest BCUT2D eigenvalue weighted by Crippen LogP contribution is 2.21. The first kappa shape index (κ1) is 31.3. The van der Waals surface area contributed by atoms with E-state index in [0.717, 1.165) is 12.0 Å². The van der Waals surface area contributed by atoms with Crippen molar-refractivity contribution in [2.45, 2.75) is 69.0 Å². The Morgan fingerprint density at radius 2 is 1.75 bits per heavy atom. The average molecular weight is 569 g/mol. The lowest BCUT2D eigenvalue weighted by Crippen LogP contribution is -2.61. The summed E-state index contributed by atoms with van der Waals surface area (Å²) in [5.74, 6) is 1.59. The number of hydrogen-bond donors (Lipinski definition) is 3. The predicted molar refractivity (Wildman–Crippen MR) is 154 cm³/mol. The zero-order valence-corrected chi connectivity index (χ0v) is 24.0. The molecule has 10 heteroatoms. The van der Waals surface area contributed by atoms with Gasteiger partial charge in [-0.2, -0.15) is 4.31 Å². The fraction of sp³-hybridized carbons (Fsp3) is 0.467. The van der Waals surface area contributed by atoms with Crippen LogP contribution in [0.3, 0.4) is 0 Å². The van der Waals surface area contributed by atoms with Crippen LogP contribution in [0.2, 0.25) is 0 Å². The molecular formula is C30H40N4O5S. The number of hydrazine groups is 1. The molecule has 0 aromatic heterocycles. The summed E-state index contributed by atoms with van der Waals surface area (Å²) in [7, 11) is -3.95. The molecule has 0 bridgehead atoms. The molecule has 0 aliphatic carbocycles. The lowest BCUT2D eigenvalue weighted by molar-refractivity contribution is -0.148. The second kappa shape index (κ2) is 15.0.